The number of sulfone groups is 1. The van der Waals surface area contributed by atoms with Gasteiger partial charge in [-0.2, -0.15) is 0 Å². The predicted molar refractivity (Wildman–Crippen MR) is 200 cm³/mol. The van der Waals surface area contributed by atoms with E-state index in [4.69, 9.17) is 14.5 Å². The number of rotatable bonds is 7. The summed E-state index contributed by atoms with van der Waals surface area (Å²) < 4.78 is 37.7. The van der Waals surface area contributed by atoms with Gasteiger partial charge in [0.1, 0.15) is 5.82 Å². The normalized spacial score (nSPS) is 21.3. The predicted octanol–water partition coefficient (Wildman–Crippen LogP) is 5.97. The molecule has 4 saturated heterocycles. The second-order valence-corrected chi connectivity index (χ2v) is 16.8. The molecule has 266 valence electrons. The summed E-state index contributed by atoms with van der Waals surface area (Å²) in [4.78, 5) is 13.5. The summed E-state index contributed by atoms with van der Waals surface area (Å²) in [5.41, 5.74) is 8.14. The lowest BCUT2D eigenvalue weighted by molar-refractivity contribution is 0.0252. The Labute approximate surface area is 297 Å². The fraction of sp³-hybridized carbons (Fsp3) is 0.525. The SMILES string of the molecule is Cn1c(-c2ccc(S(C)(=O)=O)cc2)nc2c(C3CCN(C4CCOCC4)CC3)cc(-c3ccc(N4CCN(C5CCOCC5)CC4)cc3)cc21. The highest BCUT2D eigenvalue weighted by atomic mass is 32.2. The Morgan fingerprint density at radius 2 is 1.22 bits per heavy atom. The van der Waals surface area contributed by atoms with Crippen molar-refractivity contribution in [1.82, 2.24) is 19.4 Å². The monoisotopic (exact) mass is 697 g/mol. The highest BCUT2D eigenvalue weighted by Crippen LogP contribution is 2.39. The molecule has 0 atom stereocenters. The van der Waals surface area contributed by atoms with Crippen LogP contribution in [0.25, 0.3) is 33.5 Å². The fourth-order valence-electron chi connectivity index (χ4n) is 8.79. The van der Waals surface area contributed by atoms with E-state index in [1.54, 1.807) is 12.1 Å². The number of benzene rings is 3. The Balaban J connectivity index is 1.08. The number of piperazine rings is 1. The first-order chi connectivity index (χ1) is 24.3. The van der Waals surface area contributed by atoms with Gasteiger partial charge in [-0.25, -0.2) is 13.4 Å². The number of hydrogen-bond acceptors (Lipinski definition) is 8. The standard InChI is InChI=1S/C40H51N5O4S/c1-42-38-28-32(29-3-7-33(8-4-29)44-19-21-45(22-20-44)35-15-25-49-26-16-35)27-37(30-11-17-43(18-12-30)34-13-23-48-24-14-34)39(38)41-40(42)31-5-9-36(10-6-31)50(2,46)47/h3-10,27-28,30,34-35H,11-26H2,1-2H3. The van der Waals surface area contributed by atoms with Gasteiger partial charge in [0.2, 0.25) is 0 Å². The van der Waals surface area contributed by atoms with Crippen LogP contribution in [0.3, 0.4) is 0 Å². The van der Waals surface area contributed by atoms with E-state index in [0.29, 0.717) is 22.9 Å². The van der Waals surface area contributed by atoms with Gasteiger partial charge < -0.3 is 23.8 Å². The number of piperidine rings is 1. The van der Waals surface area contributed by atoms with Gasteiger partial charge in [-0.3, -0.25) is 4.90 Å². The largest absolute Gasteiger partial charge is 0.381 e. The molecule has 0 N–H and O–H groups in total. The van der Waals surface area contributed by atoms with Crippen LogP contribution in [0.2, 0.25) is 0 Å². The van der Waals surface area contributed by atoms with E-state index in [2.05, 4.69) is 62.7 Å². The minimum atomic E-state index is -3.27. The third kappa shape index (κ3) is 6.97. The van der Waals surface area contributed by atoms with Gasteiger partial charge in [0.25, 0.3) is 0 Å². The summed E-state index contributed by atoms with van der Waals surface area (Å²) >= 11 is 0. The first-order valence-corrected chi connectivity index (χ1v) is 20.5. The highest BCUT2D eigenvalue weighted by Gasteiger charge is 2.30. The van der Waals surface area contributed by atoms with Crippen molar-refractivity contribution < 1.29 is 17.9 Å². The van der Waals surface area contributed by atoms with Crippen molar-refractivity contribution >= 4 is 26.6 Å². The molecule has 0 unspecified atom stereocenters. The molecule has 4 aliphatic heterocycles. The molecule has 8 rings (SSSR count). The second-order valence-electron chi connectivity index (χ2n) is 14.8. The van der Waals surface area contributed by atoms with Gasteiger partial charge in [-0.15, -0.1) is 0 Å². The lowest BCUT2D eigenvalue weighted by Crippen LogP contribution is -2.51. The number of fused-ring (bicyclic) bond motifs is 1. The molecular weight excluding hydrogens is 647 g/mol. The number of anilines is 1. The number of aromatic nitrogens is 2. The van der Waals surface area contributed by atoms with Crippen LogP contribution < -0.4 is 4.90 Å². The lowest BCUT2D eigenvalue weighted by atomic mass is 9.86. The Bertz CT molecular complexity index is 1880. The molecule has 0 aliphatic carbocycles. The van der Waals surface area contributed by atoms with Crippen molar-refractivity contribution in [2.75, 3.05) is 76.9 Å². The molecule has 0 amide bonds. The first-order valence-electron chi connectivity index (χ1n) is 18.6. The van der Waals surface area contributed by atoms with Crippen molar-refractivity contribution in [2.45, 2.75) is 61.4 Å². The average molecular weight is 698 g/mol. The molecule has 4 fully saturated rings. The van der Waals surface area contributed by atoms with Crippen LogP contribution in [0, 0.1) is 0 Å². The van der Waals surface area contributed by atoms with E-state index in [-0.39, 0.29) is 0 Å². The quantitative estimate of drug-likeness (QED) is 0.234. The summed E-state index contributed by atoms with van der Waals surface area (Å²) in [6, 6.07) is 22.3. The Morgan fingerprint density at radius 1 is 0.660 bits per heavy atom. The molecule has 4 aliphatic rings. The highest BCUT2D eigenvalue weighted by molar-refractivity contribution is 7.90. The number of nitrogens with zero attached hydrogens (tertiary/aromatic N) is 5. The minimum absolute atomic E-state index is 0.323. The van der Waals surface area contributed by atoms with Crippen molar-refractivity contribution in [2.24, 2.45) is 7.05 Å². The van der Waals surface area contributed by atoms with E-state index in [1.165, 1.54) is 28.6 Å². The third-order valence-electron chi connectivity index (χ3n) is 11.8. The van der Waals surface area contributed by atoms with Crippen LogP contribution in [0.5, 0.6) is 0 Å². The molecule has 0 bridgehead atoms. The summed E-state index contributed by atoms with van der Waals surface area (Å²) in [5, 5.41) is 0. The zero-order valence-corrected chi connectivity index (χ0v) is 30.4. The summed E-state index contributed by atoms with van der Waals surface area (Å²) in [5.74, 6) is 1.28. The number of aryl methyl sites for hydroxylation is 1. The van der Waals surface area contributed by atoms with Crippen molar-refractivity contribution in [3.8, 4) is 22.5 Å². The van der Waals surface area contributed by atoms with Crippen LogP contribution in [0.15, 0.2) is 65.6 Å². The zero-order valence-electron chi connectivity index (χ0n) is 29.6. The number of imidazole rings is 1. The van der Waals surface area contributed by atoms with Gasteiger partial charge in [-0.1, -0.05) is 12.1 Å². The molecule has 3 aromatic carbocycles. The van der Waals surface area contributed by atoms with Gasteiger partial charge >= 0.3 is 0 Å². The molecule has 1 aromatic heterocycles. The van der Waals surface area contributed by atoms with E-state index >= 15 is 0 Å². The molecule has 10 heteroatoms. The number of likely N-dealkylation sites (tertiary alicyclic amines) is 1. The smallest absolute Gasteiger partial charge is 0.175 e. The molecule has 5 heterocycles. The van der Waals surface area contributed by atoms with Gasteiger partial charge in [0, 0.05) is 89.2 Å². The summed E-state index contributed by atoms with van der Waals surface area (Å²) in [7, 11) is -1.19. The molecule has 0 radical (unpaired) electrons. The van der Waals surface area contributed by atoms with E-state index in [1.807, 2.05) is 12.1 Å². The maximum atomic E-state index is 12.1. The molecular formula is C40H51N5O4S. The number of ether oxygens (including phenoxy) is 2. The lowest BCUT2D eigenvalue weighted by Gasteiger charge is -2.41. The van der Waals surface area contributed by atoms with Gasteiger partial charge in [0.05, 0.1) is 15.9 Å². The molecule has 0 spiro atoms. The van der Waals surface area contributed by atoms with E-state index in [0.717, 1.165) is 127 Å². The molecule has 9 nitrogen and oxygen atoms in total. The fourth-order valence-corrected chi connectivity index (χ4v) is 9.42. The molecule has 4 aromatic rings. The average Bonchev–Trinajstić information content (AvgIpc) is 3.51. The maximum absolute atomic E-state index is 12.1. The van der Waals surface area contributed by atoms with Crippen LogP contribution in [0.1, 0.15) is 50.0 Å². The van der Waals surface area contributed by atoms with Crippen LogP contribution in [-0.4, -0.2) is 112 Å². The Morgan fingerprint density at radius 3 is 1.80 bits per heavy atom. The van der Waals surface area contributed by atoms with Crippen LogP contribution in [0.4, 0.5) is 5.69 Å². The maximum Gasteiger partial charge on any atom is 0.175 e. The van der Waals surface area contributed by atoms with Crippen molar-refractivity contribution in [1.29, 1.82) is 0 Å². The topological polar surface area (TPSA) is 80.1 Å². The molecule has 0 saturated carbocycles. The molecule has 50 heavy (non-hydrogen) atoms. The second kappa shape index (κ2) is 14.4. The van der Waals surface area contributed by atoms with E-state index in [9.17, 15) is 8.42 Å². The zero-order chi connectivity index (χ0) is 34.2. The first kappa shape index (κ1) is 33.8. The van der Waals surface area contributed by atoms with Crippen LogP contribution >= 0.6 is 0 Å². The number of hydrogen-bond donors (Lipinski definition) is 0. The Hall–Kier alpha value is -3.28. The van der Waals surface area contributed by atoms with Crippen molar-refractivity contribution in [3.63, 3.8) is 0 Å². The van der Waals surface area contributed by atoms with Gasteiger partial charge in [-0.05, 0) is 123 Å². The summed E-state index contributed by atoms with van der Waals surface area (Å²) in [6.07, 6.45) is 8.06. The van der Waals surface area contributed by atoms with Crippen molar-refractivity contribution in [3.05, 3.63) is 66.2 Å². The van der Waals surface area contributed by atoms with Gasteiger partial charge in [0.15, 0.2) is 9.84 Å². The Kier molecular flexibility index (Phi) is 9.74. The van der Waals surface area contributed by atoms with E-state index < -0.39 is 9.84 Å². The summed E-state index contributed by atoms with van der Waals surface area (Å²) in [6.45, 7) is 10.1. The third-order valence-corrected chi connectivity index (χ3v) is 12.9. The van der Waals surface area contributed by atoms with Crippen LogP contribution in [-0.2, 0) is 26.4 Å². The minimum Gasteiger partial charge on any atom is -0.381 e.